The second-order valence-electron chi connectivity index (χ2n) is 3.17. The van der Waals surface area contributed by atoms with Crippen LogP contribution in [0, 0.1) is 3.57 Å². The molecular formula is C12H13IO3S. The Morgan fingerprint density at radius 1 is 1.35 bits per heavy atom. The molecule has 0 aliphatic rings. The van der Waals surface area contributed by atoms with Gasteiger partial charge in [0, 0.05) is 14.9 Å². The molecule has 1 rings (SSSR count). The van der Waals surface area contributed by atoms with Crippen LogP contribution in [0.3, 0.4) is 0 Å². The van der Waals surface area contributed by atoms with Crippen molar-refractivity contribution in [1.82, 2.24) is 0 Å². The van der Waals surface area contributed by atoms with E-state index in [2.05, 4.69) is 22.6 Å². The Hall–Kier alpha value is -0.560. The number of rotatable bonds is 5. The number of hydrogen-bond donors (Lipinski definition) is 0. The molecule has 0 amide bonds. The fourth-order valence-corrected chi connectivity index (χ4v) is 2.77. The molecule has 0 radical (unpaired) electrons. The number of ether oxygens (including phenoxy) is 1. The lowest BCUT2D eigenvalue weighted by Gasteiger charge is -2.03. The average Bonchev–Trinajstić information content (AvgIpc) is 2.29. The molecule has 5 heteroatoms. The molecule has 0 unspecified atom stereocenters. The first-order chi connectivity index (χ1) is 8.15. The molecule has 1 aromatic rings. The molecule has 0 saturated carbocycles. The number of esters is 1. The molecule has 0 aromatic heterocycles. The minimum Gasteiger partial charge on any atom is -0.466 e. The quantitative estimate of drug-likeness (QED) is 0.595. The van der Waals surface area contributed by atoms with E-state index < -0.39 is 0 Å². The Morgan fingerprint density at radius 2 is 2.06 bits per heavy atom. The van der Waals surface area contributed by atoms with Crippen molar-refractivity contribution in [3.05, 3.63) is 33.4 Å². The maximum absolute atomic E-state index is 11.8. The average molecular weight is 364 g/mol. The van der Waals surface area contributed by atoms with Crippen molar-refractivity contribution < 1.29 is 14.3 Å². The molecule has 0 aliphatic carbocycles. The lowest BCUT2D eigenvalue weighted by Crippen LogP contribution is -2.06. The summed E-state index contributed by atoms with van der Waals surface area (Å²) in [7, 11) is 0. The van der Waals surface area contributed by atoms with E-state index in [0.717, 1.165) is 15.3 Å². The summed E-state index contributed by atoms with van der Waals surface area (Å²) in [5, 5.41) is -0.000650. The van der Waals surface area contributed by atoms with Gasteiger partial charge in [0.25, 0.3) is 0 Å². The van der Waals surface area contributed by atoms with E-state index in [1.54, 1.807) is 13.0 Å². The van der Waals surface area contributed by atoms with Crippen molar-refractivity contribution in [3.63, 3.8) is 0 Å². The molecule has 0 N–H and O–H groups in total. The smallest absolute Gasteiger partial charge is 0.306 e. The predicted octanol–water partition coefficient (Wildman–Crippen LogP) is 3.12. The molecule has 0 spiro atoms. The molecule has 1 aromatic carbocycles. The van der Waals surface area contributed by atoms with Crippen LogP contribution in [0.1, 0.15) is 23.7 Å². The molecule has 0 heterocycles. The summed E-state index contributed by atoms with van der Waals surface area (Å²) in [6.07, 6.45) is 0.271. The molecule has 0 aliphatic heterocycles. The van der Waals surface area contributed by atoms with E-state index >= 15 is 0 Å². The highest BCUT2D eigenvalue weighted by atomic mass is 127. The second-order valence-corrected chi connectivity index (χ2v) is 5.40. The van der Waals surface area contributed by atoms with Gasteiger partial charge in [0.15, 0.2) is 0 Å². The zero-order valence-corrected chi connectivity index (χ0v) is 12.4. The Kier molecular flexibility index (Phi) is 6.57. The number of carbonyl (C=O) groups is 2. The van der Waals surface area contributed by atoms with Gasteiger partial charge in [-0.2, -0.15) is 0 Å². The van der Waals surface area contributed by atoms with Gasteiger partial charge < -0.3 is 4.74 Å². The predicted molar refractivity (Wildman–Crippen MR) is 77.2 cm³/mol. The van der Waals surface area contributed by atoms with E-state index in [0.29, 0.717) is 17.9 Å². The van der Waals surface area contributed by atoms with Crippen LogP contribution in [0.15, 0.2) is 24.3 Å². The summed E-state index contributed by atoms with van der Waals surface area (Å²) in [5.41, 5.74) is 0.696. The van der Waals surface area contributed by atoms with E-state index in [1.165, 1.54) is 0 Å². The second kappa shape index (κ2) is 7.71. The Labute approximate surface area is 118 Å². The lowest BCUT2D eigenvalue weighted by molar-refractivity contribution is -0.142. The van der Waals surface area contributed by atoms with Crippen LogP contribution >= 0.6 is 34.4 Å². The summed E-state index contributed by atoms with van der Waals surface area (Å²) in [5.74, 6) is 0.207. The minimum atomic E-state index is -0.254. The van der Waals surface area contributed by atoms with Crippen molar-refractivity contribution >= 4 is 45.4 Å². The van der Waals surface area contributed by atoms with Crippen molar-refractivity contribution in [2.75, 3.05) is 12.4 Å². The largest absolute Gasteiger partial charge is 0.466 e. The van der Waals surface area contributed by atoms with Crippen molar-refractivity contribution in [3.8, 4) is 0 Å². The lowest BCUT2D eigenvalue weighted by atomic mass is 10.2. The standard InChI is InChI=1S/C12H13IO3S/c1-2-16-11(14)7-8-17-12(15)9-5-3-4-6-10(9)13/h3-6H,2,7-8H2,1H3. The van der Waals surface area contributed by atoms with Crippen LogP contribution in [0.4, 0.5) is 0 Å². The molecule has 0 saturated heterocycles. The molecule has 3 nitrogen and oxygen atoms in total. The fraction of sp³-hybridized carbons (Fsp3) is 0.333. The zero-order chi connectivity index (χ0) is 12.7. The maximum atomic E-state index is 11.8. The van der Waals surface area contributed by atoms with Crippen molar-refractivity contribution in [2.45, 2.75) is 13.3 Å². The summed E-state index contributed by atoms with van der Waals surface area (Å²) in [6.45, 7) is 2.15. The first kappa shape index (κ1) is 14.5. The SMILES string of the molecule is CCOC(=O)CCSC(=O)c1ccccc1I. The van der Waals surface area contributed by atoms with Gasteiger partial charge in [-0.05, 0) is 41.6 Å². The Morgan fingerprint density at radius 3 is 2.71 bits per heavy atom. The van der Waals surface area contributed by atoms with Crippen molar-refractivity contribution in [2.24, 2.45) is 0 Å². The monoisotopic (exact) mass is 364 g/mol. The summed E-state index contributed by atoms with van der Waals surface area (Å²) in [4.78, 5) is 22.9. The van der Waals surface area contributed by atoms with E-state index in [1.807, 2.05) is 18.2 Å². The topological polar surface area (TPSA) is 43.4 Å². The molecule has 17 heavy (non-hydrogen) atoms. The van der Waals surface area contributed by atoms with Gasteiger partial charge >= 0.3 is 5.97 Å². The van der Waals surface area contributed by atoms with Crippen LogP contribution < -0.4 is 0 Å². The number of hydrogen-bond acceptors (Lipinski definition) is 4. The number of halogens is 1. The van der Waals surface area contributed by atoms with Crippen molar-refractivity contribution in [1.29, 1.82) is 0 Å². The molecule has 92 valence electrons. The molecular weight excluding hydrogens is 351 g/mol. The number of carbonyl (C=O) groups excluding carboxylic acids is 2. The van der Waals surface area contributed by atoms with Gasteiger partial charge in [0.05, 0.1) is 13.0 Å². The summed E-state index contributed by atoms with van der Waals surface area (Å²) in [6, 6.07) is 7.41. The van der Waals surface area contributed by atoms with Gasteiger partial charge in [0.1, 0.15) is 0 Å². The maximum Gasteiger partial charge on any atom is 0.306 e. The van der Waals surface area contributed by atoms with Gasteiger partial charge in [0.2, 0.25) is 5.12 Å². The third-order valence-electron chi connectivity index (χ3n) is 1.94. The van der Waals surface area contributed by atoms with Gasteiger partial charge in [-0.1, -0.05) is 23.9 Å². The van der Waals surface area contributed by atoms with Gasteiger partial charge in [-0.15, -0.1) is 0 Å². The van der Waals surface area contributed by atoms with E-state index in [-0.39, 0.29) is 17.5 Å². The first-order valence-corrected chi connectivity index (χ1v) is 7.29. The third-order valence-corrected chi connectivity index (χ3v) is 3.77. The highest BCUT2D eigenvalue weighted by Crippen LogP contribution is 2.18. The highest BCUT2D eigenvalue weighted by molar-refractivity contribution is 14.1. The van der Waals surface area contributed by atoms with Gasteiger partial charge in [-0.3, -0.25) is 9.59 Å². The fourth-order valence-electron chi connectivity index (χ4n) is 1.16. The van der Waals surface area contributed by atoms with Gasteiger partial charge in [-0.25, -0.2) is 0 Å². The summed E-state index contributed by atoms with van der Waals surface area (Å²) < 4.78 is 5.72. The molecule has 0 bridgehead atoms. The van der Waals surface area contributed by atoms with Crippen LogP contribution in [-0.4, -0.2) is 23.4 Å². The number of benzene rings is 1. The van der Waals surface area contributed by atoms with E-state index in [9.17, 15) is 9.59 Å². The normalized spacial score (nSPS) is 10.0. The number of thioether (sulfide) groups is 1. The Balaban J connectivity index is 2.41. The Bertz CT molecular complexity index is 406. The summed E-state index contributed by atoms with van der Waals surface area (Å²) >= 11 is 3.28. The van der Waals surface area contributed by atoms with Crippen LogP contribution in [-0.2, 0) is 9.53 Å². The van der Waals surface area contributed by atoms with Crippen LogP contribution in [0.5, 0.6) is 0 Å². The zero-order valence-electron chi connectivity index (χ0n) is 9.44. The molecule has 0 atom stereocenters. The van der Waals surface area contributed by atoms with E-state index in [4.69, 9.17) is 4.74 Å². The minimum absolute atomic E-state index is 0.000650. The third kappa shape index (κ3) is 5.08. The van der Waals surface area contributed by atoms with Crippen LogP contribution in [0.2, 0.25) is 0 Å². The highest BCUT2D eigenvalue weighted by Gasteiger charge is 2.11. The molecule has 0 fully saturated rings. The first-order valence-electron chi connectivity index (χ1n) is 5.22. The van der Waals surface area contributed by atoms with Crippen LogP contribution in [0.25, 0.3) is 0 Å².